The molecule has 0 aliphatic carbocycles. The Hall–Kier alpha value is -1.97. The van der Waals surface area contributed by atoms with Gasteiger partial charge >= 0.3 is 0 Å². The third kappa shape index (κ3) is 3.38. The van der Waals surface area contributed by atoms with Gasteiger partial charge in [0.05, 0.1) is 4.90 Å². The molecule has 2 rings (SSSR count). The molecule has 0 aliphatic rings. The van der Waals surface area contributed by atoms with Crippen molar-refractivity contribution in [2.45, 2.75) is 4.90 Å². The van der Waals surface area contributed by atoms with E-state index in [1.807, 2.05) is 0 Å². The van der Waals surface area contributed by atoms with E-state index in [0.717, 1.165) is 10.5 Å². The Morgan fingerprint density at radius 1 is 1.14 bits per heavy atom. The van der Waals surface area contributed by atoms with Crippen molar-refractivity contribution in [2.24, 2.45) is 0 Å². The number of hydrogen-bond acceptors (Lipinski definition) is 3. The van der Waals surface area contributed by atoms with Crippen molar-refractivity contribution in [2.75, 3.05) is 0 Å². The quantitative estimate of drug-likeness (QED) is 0.774. The molecule has 0 fully saturated rings. The fourth-order valence-electron chi connectivity index (χ4n) is 1.64. The minimum Gasteiger partial charge on any atom is -0.218 e. The average Bonchev–Trinajstić information content (AvgIpc) is 2.46. The van der Waals surface area contributed by atoms with Gasteiger partial charge in [0.1, 0.15) is 16.8 Å². The van der Waals surface area contributed by atoms with Crippen molar-refractivity contribution in [1.29, 1.82) is 5.26 Å². The first-order chi connectivity index (χ1) is 9.95. The zero-order valence-corrected chi connectivity index (χ0v) is 13.0. The highest BCUT2D eigenvalue weighted by Crippen LogP contribution is 2.23. The standard InChI is InChI=1S/C15H9BrFNO2S/c16-12-5-7-13(8-6-12)21(19,20)14(10-18)9-11-3-1-2-4-15(11)17/h1-9H/b14-9+. The molecule has 0 spiro atoms. The van der Waals surface area contributed by atoms with E-state index >= 15 is 0 Å². The topological polar surface area (TPSA) is 57.9 Å². The largest absolute Gasteiger partial charge is 0.218 e. The maximum Gasteiger partial charge on any atom is 0.216 e. The molecule has 21 heavy (non-hydrogen) atoms. The summed E-state index contributed by atoms with van der Waals surface area (Å²) in [6, 6.07) is 13.2. The minimum atomic E-state index is -3.97. The van der Waals surface area contributed by atoms with Crippen LogP contribution >= 0.6 is 15.9 Å². The molecule has 3 nitrogen and oxygen atoms in total. The van der Waals surface area contributed by atoms with Gasteiger partial charge in [0, 0.05) is 10.0 Å². The third-order valence-corrected chi connectivity index (χ3v) is 4.93. The molecule has 0 radical (unpaired) electrons. The van der Waals surface area contributed by atoms with Crippen molar-refractivity contribution in [3.63, 3.8) is 0 Å². The van der Waals surface area contributed by atoms with Gasteiger partial charge in [0.25, 0.3) is 0 Å². The van der Waals surface area contributed by atoms with E-state index in [1.54, 1.807) is 24.3 Å². The second-order valence-electron chi connectivity index (χ2n) is 4.10. The Morgan fingerprint density at radius 2 is 1.76 bits per heavy atom. The van der Waals surface area contributed by atoms with E-state index in [4.69, 9.17) is 5.26 Å². The van der Waals surface area contributed by atoms with E-state index < -0.39 is 20.6 Å². The summed E-state index contributed by atoms with van der Waals surface area (Å²) in [6.07, 6.45) is 1.03. The number of allylic oxidation sites excluding steroid dienone is 1. The Morgan fingerprint density at radius 3 is 2.33 bits per heavy atom. The summed E-state index contributed by atoms with van der Waals surface area (Å²) in [5.74, 6) is -0.587. The molecule has 0 saturated carbocycles. The van der Waals surface area contributed by atoms with Crippen LogP contribution in [0.5, 0.6) is 0 Å². The molecular weight excluding hydrogens is 357 g/mol. The smallest absolute Gasteiger partial charge is 0.216 e. The SMILES string of the molecule is N#C/C(=C\c1ccccc1F)S(=O)(=O)c1ccc(Br)cc1. The molecule has 0 bridgehead atoms. The van der Waals surface area contributed by atoms with Crippen molar-refractivity contribution in [1.82, 2.24) is 0 Å². The van der Waals surface area contributed by atoms with Gasteiger partial charge in [-0.05, 0) is 36.4 Å². The number of nitriles is 1. The molecule has 0 aromatic heterocycles. The average molecular weight is 366 g/mol. The molecule has 2 aromatic rings. The molecular formula is C15H9BrFNO2S. The monoisotopic (exact) mass is 365 g/mol. The minimum absolute atomic E-state index is 0.0187. The molecule has 0 unspecified atom stereocenters. The summed E-state index contributed by atoms with van der Waals surface area (Å²) in [5.41, 5.74) is 0.0507. The van der Waals surface area contributed by atoms with Gasteiger partial charge in [0.15, 0.2) is 0 Å². The van der Waals surface area contributed by atoms with Crippen LogP contribution in [0.15, 0.2) is 62.8 Å². The summed E-state index contributed by atoms with van der Waals surface area (Å²) in [4.78, 5) is -0.523. The summed E-state index contributed by atoms with van der Waals surface area (Å²) in [6.45, 7) is 0. The van der Waals surface area contributed by atoms with E-state index in [-0.39, 0.29) is 10.5 Å². The van der Waals surface area contributed by atoms with E-state index in [0.29, 0.717) is 0 Å². The Balaban J connectivity index is 2.53. The van der Waals surface area contributed by atoms with Gasteiger partial charge in [-0.15, -0.1) is 0 Å². The first-order valence-corrected chi connectivity index (χ1v) is 8.10. The number of nitrogens with zero attached hydrogens (tertiary/aromatic N) is 1. The van der Waals surface area contributed by atoms with Crippen LogP contribution in [0.2, 0.25) is 0 Å². The van der Waals surface area contributed by atoms with Gasteiger partial charge in [-0.1, -0.05) is 34.1 Å². The molecule has 0 N–H and O–H groups in total. The van der Waals surface area contributed by atoms with Crippen molar-refractivity contribution >= 4 is 31.8 Å². The maximum absolute atomic E-state index is 13.6. The first kappa shape index (κ1) is 15.4. The zero-order valence-electron chi connectivity index (χ0n) is 10.6. The number of rotatable bonds is 3. The highest BCUT2D eigenvalue weighted by Gasteiger charge is 2.21. The molecule has 0 aliphatic heterocycles. The van der Waals surface area contributed by atoms with Crippen LogP contribution in [0, 0.1) is 17.1 Å². The molecule has 106 valence electrons. The Labute approximate surface area is 130 Å². The summed E-state index contributed by atoms with van der Waals surface area (Å²) < 4.78 is 39.0. The van der Waals surface area contributed by atoms with Crippen molar-refractivity contribution in [3.8, 4) is 6.07 Å². The fraction of sp³-hybridized carbons (Fsp3) is 0. The number of benzene rings is 2. The van der Waals surface area contributed by atoms with Crippen LogP contribution in [-0.4, -0.2) is 8.42 Å². The Bertz CT molecular complexity index is 837. The summed E-state index contributed by atoms with van der Waals surface area (Å²) in [7, 11) is -3.97. The summed E-state index contributed by atoms with van der Waals surface area (Å²) in [5, 5.41) is 9.10. The van der Waals surface area contributed by atoms with Crippen LogP contribution in [0.3, 0.4) is 0 Å². The number of halogens is 2. The van der Waals surface area contributed by atoms with E-state index in [1.165, 1.54) is 30.3 Å². The third-order valence-electron chi connectivity index (χ3n) is 2.72. The Kier molecular flexibility index (Phi) is 4.56. The van der Waals surface area contributed by atoms with Gasteiger partial charge < -0.3 is 0 Å². The van der Waals surface area contributed by atoms with Gasteiger partial charge in [-0.2, -0.15) is 5.26 Å². The molecule has 0 amide bonds. The second kappa shape index (κ2) is 6.20. The molecule has 6 heteroatoms. The van der Waals surface area contributed by atoms with E-state index in [2.05, 4.69) is 15.9 Å². The highest BCUT2D eigenvalue weighted by molar-refractivity contribution is 9.10. The van der Waals surface area contributed by atoms with Crippen LogP contribution < -0.4 is 0 Å². The molecule has 0 heterocycles. The van der Waals surface area contributed by atoms with E-state index in [9.17, 15) is 12.8 Å². The highest BCUT2D eigenvalue weighted by atomic mass is 79.9. The van der Waals surface area contributed by atoms with Crippen molar-refractivity contribution < 1.29 is 12.8 Å². The zero-order chi connectivity index (χ0) is 15.5. The lowest BCUT2D eigenvalue weighted by atomic mass is 10.2. The molecule has 0 atom stereocenters. The second-order valence-corrected chi connectivity index (χ2v) is 6.93. The molecule has 2 aromatic carbocycles. The fourth-order valence-corrected chi connectivity index (χ4v) is 3.06. The van der Waals surface area contributed by atoms with Crippen molar-refractivity contribution in [3.05, 3.63) is 69.3 Å². The predicted molar refractivity (Wildman–Crippen MR) is 81.3 cm³/mol. The summed E-state index contributed by atoms with van der Waals surface area (Å²) >= 11 is 3.21. The van der Waals surface area contributed by atoms with Gasteiger partial charge in [0.2, 0.25) is 9.84 Å². The normalized spacial score (nSPS) is 12.0. The number of hydrogen-bond donors (Lipinski definition) is 0. The first-order valence-electron chi connectivity index (χ1n) is 5.82. The maximum atomic E-state index is 13.6. The van der Waals surface area contributed by atoms with Crippen LogP contribution in [-0.2, 0) is 9.84 Å². The van der Waals surface area contributed by atoms with Crippen LogP contribution in [0.4, 0.5) is 4.39 Å². The van der Waals surface area contributed by atoms with Crippen LogP contribution in [0.25, 0.3) is 6.08 Å². The lowest BCUT2D eigenvalue weighted by Crippen LogP contribution is -2.03. The lowest BCUT2D eigenvalue weighted by molar-refractivity contribution is 0.603. The van der Waals surface area contributed by atoms with Crippen LogP contribution in [0.1, 0.15) is 5.56 Å². The lowest BCUT2D eigenvalue weighted by Gasteiger charge is -2.04. The molecule has 0 saturated heterocycles. The van der Waals surface area contributed by atoms with Gasteiger partial charge in [-0.3, -0.25) is 0 Å². The van der Waals surface area contributed by atoms with Gasteiger partial charge in [-0.25, -0.2) is 12.8 Å². The predicted octanol–water partition coefficient (Wildman–Crippen LogP) is 3.93. The number of sulfone groups is 1.